The molecule has 0 bridgehead atoms. The average Bonchev–Trinajstić information content (AvgIpc) is 3.48. The van der Waals surface area contributed by atoms with Crippen molar-refractivity contribution < 1.29 is 4.79 Å². The molecule has 0 aliphatic rings. The minimum Gasteiger partial charge on any atom is -0.364 e. The monoisotopic (exact) mass is 528 g/mol. The number of likely N-dealkylation sites (N-methyl/N-ethyl adjacent to an activating group) is 1. The molecule has 9 nitrogen and oxygen atoms in total. The third-order valence-corrected chi connectivity index (χ3v) is 7.02. The highest BCUT2D eigenvalue weighted by molar-refractivity contribution is 5.90. The van der Waals surface area contributed by atoms with E-state index in [9.17, 15) is 4.79 Å². The zero-order chi connectivity index (χ0) is 28.4. The van der Waals surface area contributed by atoms with E-state index < -0.39 is 0 Å². The first-order chi connectivity index (χ1) is 18.5. The van der Waals surface area contributed by atoms with Crippen molar-refractivity contribution in [1.29, 1.82) is 0 Å². The number of carbonyl (C=O) groups excluding carboxylic acids is 1. The van der Waals surface area contributed by atoms with Crippen molar-refractivity contribution in [1.82, 2.24) is 34.8 Å². The Morgan fingerprint density at radius 2 is 1.92 bits per heavy atom. The smallest absolute Gasteiger partial charge is 0.234 e. The zero-order valence-corrected chi connectivity index (χ0v) is 24.3. The predicted octanol–water partition coefficient (Wildman–Crippen LogP) is 4.99. The summed E-state index contributed by atoms with van der Waals surface area (Å²) in [6.07, 6.45) is 7.63. The minimum absolute atomic E-state index is 0.0110. The van der Waals surface area contributed by atoms with Gasteiger partial charge in [-0.15, -0.1) is 0 Å². The van der Waals surface area contributed by atoms with Gasteiger partial charge in [0.2, 0.25) is 5.91 Å². The van der Waals surface area contributed by atoms with Gasteiger partial charge in [-0.05, 0) is 76.5 Å². The van der Waals surface area contributed by atoms with Crippen molar-refractivity contribution in [3.05, 3.63) is 65.7 Å². The molecule has 2 atom stereocenters. The van der Waals surface area contributed by atoms with Crippen molar-refractivity contribution in [2.24, 2.45) is 0 Å². The Morgan fingerprint density at radius 1 is 1.18 bits per heavy atom. The number of carbonyl (C=O) groups is 1. The fraction of sp³-hybridized carbons (Fsp3) is 0.400. The molecule has 0 saturated heterocycles. The lowest BCUT2D eigenvalue weighted by molar-refractivity contribution is -0.122. The molecule has 0 aliphatic carbocycles. The van der Waals surface area contributed by atoms with E-state index in [1.807, 2.05) is 54.8 Å². The Labute approximate surface area is 230 Å². The van der Waals surface area contributed by atoms with E-state index in [-0.39, 0.29) is 23.9 Å². The SMILES string of the molecule is C=C(/C=C\[C@H](C)Nc1ccc2[nH]c(-c3cn4ncnc4c(C)c3C)c(C(C)C)c2n1)[C@H](C)NC(=O)CN(C)C. The van der Waals surface area contributed by atoms with Gasteiger partial charge < -0.3 is 20.5 Å². The summed E-state index contributed by atoms with van der Waals surface area (Å²) in [7, 11) is 3.74. The third-order valence-electron chi connectivity index (χ3n) is 7.02. The molecule has 0 radical (unpaired) electrons. The zero-order valence-electron chi connectivity index (χ0n) is 24.3. The van der Waals surface area contributed by atoms with Gasteiger partial charge in [0.05, 0.1) is 29.3 Å². The summed E-state index contributed by atoms with van der Waals surface area (Å²) in [5.41, 5.74) is 9.29. The molecule has 39 heavy (non-hydrogen) atoms. The number of aromatic amines is 1. The second kappa shape index (κ2) is 11.4. The molecule has 0 aromatic carbocycles. The summed E-state index contributed by atoms with van der Waals surface area (Å²) in [6.45, 7) is 17.1. The molecule has 3 N–H and O–H groups in total. The predicted molar refractivity (Wildman–Crippen MR) is 159 cm³/mol. The number of hydrogen-bond donors (Lipinski definition) is 3. The fourth-order valence-corrected chi connectivity index (χ4v) is 4.76. The molecule has 4 heterocycles. The Kier molecular flexibility index (Phi) is 8.20. The topological polar surface area (TPSA) is 103 Å². The van der Waals surface area contributed by atoms with Gasteiger partial charge in [0, 0.05) is 23.4 Å². The van der Waals surface area contributed by atoms with E-state index in [0.717, 1.165) is 44.9 Å². The van der Waals surface area contributed by atoms with Crippen molar-refractivity contribution in [3.8, 4) is 11.3 Å². The molecule has 0 fully saturated rings. The lowest BCUT2D eigenvalue weighted by Crippen LogP contribution is -2.39. The van der Waals surface area contributed by atoms with Crippen LogP contribution in [0, 0.1) is 13.8 Å². The number of hydrogen-bond acceptors (Lipinski definition) is 6. The molecule has 0 saturated carbocycles. The summed E-state index contributed by atoms with van der Waals surface area (Å²) in [6, 6.07) is 3.94. The molecular formula is C30H40N8O. The maximum atomic E-state index is 12.1. The van der Waals surface area contributed by atoms with E-state index in [4.69, 9.17) is 4.98 Å². The van der Waals surface area contributed by atoms with E-state index in [1.165, 1.54) is 11.1 Å². The van der Waals surface area contributed by atoms with E-state index in [2.05, 4.69) is 73.0 Å². The Hall–Kier alpha value is -3.98. The lowest BCUT2D eigenvalue weighted by atomic mass is 9.95. The number of rotatable bonds is 10. The van der Waals surface area contributed by atoms with Crippen LogP contribution in [-0.4, -0.2) is 68.1 Å². The maximum Gasteiger partial charge on any atom is 0.234 e. The highest BCUT2D eigenvalue weighted by Gasteiger charge is 2.21. The number of anilines is 1. The maximum absolute atomic E-state index is 12.1. The summed E-state index contributed by atoms with van der Waals surface area (Å²) in [4.78, 5) is 26.9. The van der Waals surface area contributed by atoms with Crippen LogP contribution in [0.1, 0.15) is 50.3 Å². The van der Waals surface area contributed by atoms with Crippen molar-refractivity contribution in [2.75, 3.05) is 26.0 Å². The number of nitrogens with one attached hydrogen (secondary N) is 3. The van der Waals surface area contributed by atoms with Gasteiger partial charge in [-0.2, -0.15) is 5.10 Å². The van der Waals surface area contributed by atoms with Gasteiger partial charge in [0.15, 0.2) is 5.65 Å². The first kappa shape index (κ1) is 28.0. The van der Waals surface area contributed by atoms with Gasteiger partial charge >= 0.3 is 0 Å². The van der Waals surface area contributed by atoms with Gasteiger partial charge in [-0.1, -0.05) is 32.6 Å². The summed E-state index contributed by atoms with van der Waals surface area (Å²) in [5, 5.41) is 10.8. The highest BCUT2D eigenvalue weighted by atomic mass is 16.2. The first-order valence-electron chi connectivity index (χ1n) is 13.4. The summed E-state index contributed by atoms with van der Waals surface area (Å²) < 4.78 is 1.84. The normalized spacial score (nSPS) is 13.6. The van der Waals surface area contributed by atoms with Crippen LogP contribution >= 0.6 is 0 Å². The van der Waals surface area contributed by atoms with Crippen LogP contribution in [0.15, 0.2) is 49.0 Å². The first-order valence-corrected chi connectivity index (χ1v) is 13.4. The lowest BCUT2D eigenvalue weighted by Gasteiger charge is -2.17. The van der Waals surface area contributed by atoms with Crippen molar-refractivity contribution in [3.63, 3.8) is 0 Å². The number of H-pyrrole nitrogens is 1. The molecule has 0 spiro atoms. The largest absolute Gasteiger partial charge is 0.364 e. The number of nitrogens with zero attached hydrogens (tertiary/aromatic N) is 5. The molecule has 0 unspecified atom stereocenters. The molecule has 206 valence electrons. The second-order valence-corrected chi connectivity index (χ2v) is 10.9. The highest BCUT2D eigenvalue weighted by Crippen LogP contribution is 2.37. The summed E-state index contributed by atoms with van der Waals surface area (Å²) in [5.74, 6) is 1.03. The van der Waals surface area contributed by atoms with E-state index >= 15 is 0 Å². The van der Waals surface area contributed by atoms with Crippen LogP contribution in [0.25, 0.3) is 27.9 Å². The van der Waals surface area contributed by atoms with Crippen LogP contribution in [0.5, 0.6) is 0 Å². The minimum atomic E-state index is -0.147. The molecule has 0 aliphatic heterocycles. The van der Waals surface area contributed by atoms with E-state index in [0.29, 0.717) is 6.54 Å². The third kappa shape index (κ3) is 6.04. The van der Waals surface area contributed by atoms with Crippen LogP contribution in [0.4, 0.5) is 5.82 Å². The molecular weight excluding hydrogens is 488 g/mol. The van der Waals surface area contributed by atoms with Gasteiger partial charge in [-0.25, -0.2) is 14.5 Å². The Balaban J connectivity index is 1.57. The Bertz CT molecular complexity index is 1540. The Morgan fingerprint density at radius 3 is 2.62 bits per heavy atom. The molecule has 4 aromatic rings. The van der Waals surface area contributed by atoms with Crippen molar-refractivity contribution in [2.45, 2.75) is 59.5 Å². The molecule has 1 amide bonds. The number of aryl methyl sites for hydroxylation is 1. The standard InChI is InChI=1S/C30H40N8O/c1-17(2)27-28(23-14-38-30(31-16-32-38)21(6)20(23)5)35-24-12-13-25(36-29(24)27)33-19(4)11-10-18(3)22(7)34-26(39)15-37(8)9/h10-14,16-17,19,22,35H,3,15H2,1-2,4-9H3,(H,33,36)(H,34,39)/b11-10-/t19-,22-/m0/s1. The molecule has 9 heteroatoms. The quantitative estimate of drug-likeness (QED) is 0.251. The molecule has 4 aromatic heterocycles. The fourth-order valence-electron chi connectivity index (χ4n) is 4.76. The van der Waals surface area contributed by atoms with Crippen LogP contribution < -0.4 is 10.6 Å². The molecule has 4 rings (SSSR count). The van der Waals surface area contributed by atoms with Gasteiger partial charge in [0.25, 0.3) is 0 Å². The van der Waals surface area contributed by atoms with Crippen LogP contribution in [0.2, 0.25) is 0 Å². The van der Waals surface area contributed by atoms with Crippen LogP contribution in [-0.2, 0) is 4.79 Å². The number of fused-ring (bicyclic) bond motifs is 2. The number of aromatic nitrogens is 5. The van der Waals surface area contributed by atoms with E-state index in [1.54, 1.807) is 6.33 Å². The van der Waals surface area contributed by atoms with Crippen LogP contribution in [0.3, 0.4) is 0 Å². The average molecular weight is 529 g/mol. The number of pyridine rings is 2. The van der Waals surface area contributed by atoms with Gasteiger partial charge in [0.1, 0.15) is 12.1 Å². The van der Waals surface area contributed by atoms with Gasteiger partial charge in [-0.3, -0.25) is 4.79 Å². The summed E-state index contributed by atoms with van der Waals surface area (Å²) >= 11 is 0. The second-order valence-electron chi connectivity index (χ2n) is 10.9. The number of amides is 1. The van der Waals surface area contributed by atoms with Crippen molar-refractivity contribution >= 4 is 28.4 Å².